The molecule has 1 atom stereocenters. The minimum atomic E-state index is -0.684. The summed E-state index contributed by atoms with van der Waals surface area (Å²) in [5.74, 6) is 0.556. The Morgan fingerprint density at radius 2 is 1.59 bits per heavy atom. The number of hydrogen-bond donors (Lipinski definition) is 1. The molecule has 178 valence electrons. The number of methoxy groups -OCH3 is 1. The quantitative estimate of drug-likeness (QED) is 0.467. The van der Waals surface area contributed by atoms with Crippen LogP contribution in [-0.4, -0.2) is 43.0 Å². The van der Waals surface area contributed by atoms with E-state index in [4.69, 9.17) is 9.47 Å². The standard InChI is InChI=1S/C28H32N2O4/c1-4-29-28(32)24(18-22-12-6-5-7-13-22)30(19-23-14-10-11-21(2)17-23)27(31)20-34-26-16-9-8-15-25(26)33-3/h5-17,24H,4,18-20H2,1-3H3,(H,29,32)/t24-/m1/s1. The topological polar surface area (TPSA) is 67.9 Å². The van der Waals surface area contributed by atoms with Crippen molar-refractivity contribution in [3.05, 3.63) is 95.6 Å². The van der Waals surface area contributed by atoms with E-state index in [0.717, 1.165) is 16.7 Å². The fourth-order valence-electron chi connectivity index (χ4n) is 3.81. The molecule has 6 heteroatoms. The average molecular weight is 461 g/mol. The molecule has 0 aliphatic rings. The second-order valence-electron chi connectivity index (χ2n) is 8.05. The third-order valence-corrected chi connectivity index (χ3v) is 5.48. The Bertz CT molecular complexity index is 1080. The van der Waals surface area contributed by atoms with Gasteiger partial charge in [0, 0.05) is 19.5 Å². The first-order chi connectivity index (χ1) is 16.5. The molecule has 0 saturated heterocycles. The first-order valence-electron chi connectivity index (χ1n) is 11.4. The van der Waals surface area contributed by atoms with Crippen LogP contribution in [0.2, 0.25) is 0 Å². The molecule has 3 rings (SSSR count). The average Bonchev–Trinajstić information content (AvgIpc) is 2.85. The van der Waals surface area contributed by atoms with Crippen molar-refractivity contribution in [3.8, 4) is 11.5 Å². The van der Waals surface area contributed by atoms with Crippen molar-refractivity contribution in [2.75, 3.05) is 20.3 Å². The minimum Gasteiger partial charge on any atom is -0.493 e. The SMILES string of the molecule is CCNC(=O)[C@@H](Cc1ccccc1)N(Cc1cccc(C)c1)C(=O)COc1ccccc1OC. The molecule has 0 heterocycles. The maximum absolute atomic E-state index is 13.5. The molecule has 0 bridgehead atoms. The summed E-state index contributed by atoms with van der Waals surface area (Å²) in [4.78, 5) is 28.3. The highest BCUT2D eigenvalue weighted by Crippen LogP contribution is 2.26. The summed E-state index contributed by atoms with van der Waals surface area (Å²) in [5.41, 5.74) is 3.02. The zero-order chi connectivity index (χ0) is 24.3. The van der Waals surface area contributed by atoms with Crippen molar-refractivity contribution in [2.45, 2.75) is 32.9 Å². The fraction of sp³-hybridized carbons (Fsp3) is 0.286. The van der Waals surface area contributed by atoms with Crippen molar-refractivity contribution in [1.82, 2.24) is 10.2 Å². The number of nitrogens with zero attached hydrogens (tertiary/aromatic N) is 1. The van der Waals surface area contributed by atoms with Crippen LogP contribution in [0.15, 0.2) is 78.9 Å². The summed E-state index contributed by atoms with van der Waals surface area (Å²) >= 11 is 0. The number of ether oxygens (including phenoxy) is 2. The number of para-hydroxylation sites is 2. The molecule has 3 aromatic rings. The largest absolute Gasteiger partial charge is 0.493 e. The van der Waals surface area contributed by atoms with Gasteiger partial charge < -0.3 is 19.7 Å². The summed E-state index contributed by atoms with van der Waals surface area (Å²) in [6.45, 7) is 4.44. The van der Waals surface area contributed by atoms with Gasteiger partial charge in [0.15, 0.2) is 18.1 Å². The molecule has 0 radical (unpaired) electrons. The van der Waals surface area contributed by atoms with E-state index in [1.54, 1.807) is 24.1 Å². The lowest BCUT2D eigenvalue weighted by molar-refractivity contribution is -0.142. The predicted octanol–water partition coefficient (Wildman–Crippen LogP) is 4.16. The van der Waals surface area contributed by atoms with Gasteiger partial charge in [0.25, 0.3) is 5.91 Å². The monoisotopic (exact) mass is 460 g/mol. The van der Waals surface area contributed by atoms with Crippen molar-refractivity contribution < 1.29 is 19.1 Å². The van der Waals surface area contributed by atoms with Gasteiger partial charge in [-0.25, -0.2) is 0 Å². The third kappa shape index (κ3) is 6.85. The number of rotatable bonds is 11. The summed E-state index contributed by atoms with van der Waals surface area (Å²) < 4.78 is 11.2. The van der Waals surface area contributed by atoms with Crippen LogP contribution in [0, 0.1) is 6.92 Å². The Labute approximate surface area is 201 Å². The zero-order valence-electron chi connectivity index (χ0n) is 20.0. The number of aryl methyl sites for hydroxylation is 1. The van der Waals surface area contributed by atoms with Crippen molar-refractivity contribution >= 4 is 11.8 Å². The maximum atomic E-state index is 13.5. The van der Waals surface area contributed by atoms with Crippen LogP contribution in [-0.2, 0) is 22.6 Å². The molecule has 0 unspecified atom stereocenters. The lowest BCUT2D eigenvalue weighted by Gasteiger charge is -2.31. The molecule has 0 aliphatic carbocycles. The number of benzene rings is 3. The molecule has 0 spiro atoms. The number of carbonyl (C=O) groups excluding carboxylic acids is 2. The number of amides is 2. The number of nitrogens with one attached hydrogen (secondary N) is 1. The molecule has 1 N–H and O–H groups in total. The van der Waals surface area contributed by atoms with Crippen LogP contribution < -0.4 is 14.8 Å². The highest BCUT2D eigenvalue weighted by Gasteiger charge is 2.30. The first kappa shape index (κ1) is 24.8. The lowest BCUT2D eigenvalue weighted by atomic mass is 10.0. The van der Waals surface area contributed by atoms with Crippen LogP contribution in [0.5, 0.6) is 11.5 Å². The Balaban J connectivity index is 1.90. The van der Waals surface area contributed by atoms with E-state index in [0.29, 0.717) is 31.0 Å². The second kappa shape index (κ2) is 12.4. The van der Waals surface area contributed by atoms with Crippen LogP contribution in [0.3, 0.4) is 0 Å². The summed E-state index contributed by atoms with van der Waals surface area (Å²) in [7, 11) is 1.55. The van der Waals surface area contributed by atoms with Gasteiger partial charge in [-0.3, -0.25) is 9.59 Å². The Kier molecular flexibility index (Phi) is 9.09. The van der Waals surface area contributed by atoms with Crippen molar-refractivity contribution in [1.29, 1.82) is 0 Å². The van der Waals surface area contributed by atoms with Gasteiger partial charge in [-0.05, 0) is 37.1 Å². The summed E-state index contributed by atoms with van der Waals surface area (Å²) in [5, 5.41) is 2.90. The summed E-state index contributed by atoms with van der Waals surface area (Å²) in [6.07, 6.45) is 0.402. The number of hydrogen-bond acceptors (Lipinski definition) is 4. The van der Waals surface area contributed by atoms with Crippen molar-refractivity contribution in [2.24, 2.45) is 0 Å². The molecule has 0 saturated carbocycles. The normalized spacial score (nSPS) is 11.4. The molecular formula is C28H32N2O4. The van der Waals surface area contributed by atoms with Crippen LogP contribution >= 0.6 is 0 Å². The van der Waals surface area contributed by atoms with E-state index in [1.165, 1.54) is 0 Å². The molecule has 2 amide bonds. The molecule has 0 fully saturated rings. The van der Waals surface area contributed by atoms with E-state index in [9.17, 15) is 9.59 Å². The van der Waals surface area contributed by atoms with Crippen molar-refractivity contribution in [3.63, 3.8) is 0 Å². The Hall–Kier alpha value is -3.80. The van der Waals surface area contributed by atoms with Gasteiger partial charge in [-0.15, -0.1) is 0 Å². The van der Waals surface area contributed by atoms with E-state index < -0.39 is 6.04 Å². The number of likely N-dealkylation sites (N-methyl/N-ethyl adjacent to an activating group) is 1. The van der Waals surface area contributed by atoms with Crippen LogP contribution in [0.4, 0.5) is 0 Å². The Morgan fingerprint density at radius 1 is 0.912 bits per heavy atom. The highest BCUT2D eigenvalue weighted by atomic mass is 16.5. The van der Waals surface area contributed by atoms with E-state index in [1.807, 2.05) is 80.6 Å². The minimum absolute atomic E-state index is 0.190. The molecule has 0 aromatic heterocycles. The van der Waals surface area contributed by atoms with Gasteiger partial charge in [-0.2, -0.15) is 0 Å². The fourth-order valence-corrected chi connectivity index (χ4v) is 3.81. The van der Waals surface area contributed by atoms with Gasteiger partial charge in [0.2, 0.25) is 5.91 Å². The lowest BCUT2D eigenvalue weighted by Crippen LogP contribution is -2.51. The van der Waals surface area contributed by atoms with E-state index in [2.05, 4.69) is 5.32 Å². The molecule has 6 nitrogen and oxygen atoms in total. The van der Waals surface area contributed by atoms with Crippen LogP contribution in [0.25, 0.3) is 0 Å². The summed E-state index contributed by atoms with van der Waals surface area (Å²) in [6, 6.07) is 24.2. The second-order valence-corrected chi connectivity index (χ2v) is 8.05. The molecule has 3 aromatic carbocycles. The molecule has 0 aliphatic heterocycles. The van der Waals surface area contributed by atoms with Gasteiger partial charge in [-0.1, -0.05) is 72.3 Å². The highest BCUT2D eigenvalue weighted by molar-refractivity contribution is 5.88. The zero-order valence-corrected chi connectivity index (χ0v) is 20.0. The first-order valence-corrected chi connectivity index (χ1v) is 11.4. The third-order valence-electron chi connectivity index (χ3n) is 5.48. The Morgan fingerprint density at radius 3 is 2.26 bits per heavy atom. The smallest absolute Gasteiger partial charge is 0.261 e. The van der Waals surface area contributed by atoms with Gasteiger partial charge in [0.05, 0.1) is 7.11 Å². The predicted molar refractivity (Wildman–Crippen MR) is 133 cm³/mol. The van der Waals surface area contributed by atoms with E-state index >= 15 is 0 Å². The van der Waals surface area contributed by atoms with Gasteiger partial charge >= 0.3 is 0 Å². The molecular weight excluding hydrogens is 428 g/mol. The maximum Gasteiger partial charge on any atom is 0.261 e. The molecule has 34 heavy (non-hydrogen) atoms. The van der Waals surface area contributed by atoms with Crippen LogP contribution in [0.1, 0.15) is 23.6 Å². The number of carbonyl (C=O) groups is 2. The van der Waals surface area contributed by atoms with Gasteiger partial charge in [0.1, 0.15) is 6.04 Å². The van der Waals surface area contributed by atoms with E-state index in [-0.39, 0.29) is 18.4 Å².